The summed E-state index contributed by atoms with van der Waals surface area (Å²) in [5, 5.41) is 0.147. The van der Waals surface area contributed by atoms with Gasteiger partial charge in [0, 0.05) is 11.1 Å². The van der Waals surface area contributed by atoms with E-state index in [2.05, 4.69) is 0 Å². The molecule has 2 aromatic rings. The zero-order valence-electron chi connectivity index (χ0n) is 9.38. The van der Waals surface area contributed by atoms with Crippen LogP contribution in [0, 0.1) is 17.5 Å². The Kier molecular flexibility index (Phi) is 3.48. The minimum Gasteiger partial charge on any atom is -0.398 e. The van der Waals surface area contributed by atoms with Crippen LogP contribution >= 0.6 is 11.6 Å². The number of benzene rings is 2. The van der Waals surface area contributed by atoms with Crippen molar-refractivity contribution in [2.75, 3.05) is 5.73 Å². The van der Waals surface area contributed by atoms with Gasteiger partial charge >= 0.3 is 0 Å². The zero-order valence-corrected chi connectivity index (χ0v) is 10.1. The molecule has 0 fully saturated rings. The molecule has 0 amide bonds. The van der Waals surface area contributed by atoms with Gasteiger partial charge in [-0.25, -0.2) is 13.2 Å². The van der Waals surface area contributed by atoms with Gasteiger partial charge in [-0.3, -0.25) is 4.79 Å². The second kappa shape index (κ2) is 4.93. The Bertz CT molecular complexity index is 650. The van der Waals surface area contributed by atoms with Crippen molar-refractivity contribution in [2.24, 2.45) is 0 Å². The van der Waals surface area contributed by atoms with Crippen molar-refractivity contribution in [3.8, 4) is 0 Å². The summed E-state index contributed by atoms with van der Waals surface area (Å²) < 4.78 is 38.9. The Morgan fingerprint density at radius 3 is 2.11 bits per heavy atom. The smallest absolute Gasteiger partial charge is 0.194 e. The number of nitrogen functional groups attached to an aromatic ring is 1. The van der Waals surface area contributed by atoms with Crippen molar-refractivity contribution in [1.29, 1.82) is 0 Å². The van der Waals surface area contributed by atoms with E-state index in [9.17, 15) is 18.0 Å². The maximum absolute atomic E-state index is 13.0. The fraction of sp³-hybridized carbons (Fsp3) is 0. The van der Waals surface area contributed by atoms with E-state index in [0.717, 1.165) is 0 Å². The molecular formula is C13H7ClF3NO. The van der Waals surface area contributed by atoms with Gasteiger partial charge in [0.25, 0.3) is 0 Å². The van der Waals surface area contributed by atoms with Gasteiger partial charge in [0.2, 0.25) is 0 Å². The molecule has 0 heterocycles. The largest absolute Gasteiger partial charge is 0.398 e. The van der Waals surface area contributed by atoms with Crippen molar-refractivity contribution < 1.29 is 18.0 Å². The lowest BCUT2D eigenvalue weighted by Gasteiger charge is -2.05. The first-order chi connectivity index (χ1) is 8.90. The number of halogens is 4. The molecule has 2 rings (SSSR count). The van der Waals surface area contributed by atoms with Gasteiger partial charge in [0.05, 0.1) is 10.7 Å². The van der Waals surface area contributed by atoms with Gasteiger partial charge in [-0.15, -0.1) is 0 Å². The molecule has 0 atom stereocenters. The van der Waals surface area contributed by atoms with Crippen LogP contribution in [-0.2, 0) is 0 Å². The van der Waals surface area contributed by atoms with Crippen LogP contribution in [0.25, 0.3) is 0 Å². The Hall–Kier alpha value is -2.01. The third-order valence-corrected chi connectivity index (χ3v) is 2.84. The zero-order chi connectivity index (χ0) is 14.2. The van der Waals surface area contributed by atoms with E-state index in [1.807, 2.05) is 0 Å². The summed E-state index contributed by atoms with van der Waals surface area (Å²) in [5.41, 5.74) is 5.55. The summed E-state index contributed by atoms with van der Waals surface area (Å²) in [4.78, 5) is 12.0. The molecular weight excluding hydrogens is 279 g/mol. The highest BCUT2D eigenvalue weighted by Gasteiger charge is 2.16. The number of carbonyl (C=O) groups excluding carboxylic acids is 1. The van der Waals surface area contributed by atoms with E-state index in [1.54, 1.807) is 0 Å². The van der Waals surface area contributed by atoms with Gasteiger partial charge in [-0.2, -0.15) is 0 Å². The SMILES string of the molecule is Nc1ccc(C(=O)c2cc(F)c(F)c(F)c2)cc1Cl. The normalized spacial score (nSPS) is 10.5. The van der Waals surface area contributed by atoms with E-state index < -0.39 is 23.2 Å². The average Bonchev–Trinajstić information content (AvgIpc) is 2.37. The molecule has 0 saturated carbocycles. The number of rotatable bonds is 2. The molecule has 0 radical (unpaired) electrons. The van der Waals surface area contributed by atoms with Crippen LogP contribution in [0.15, 0.2) is 30.3 Å². The summed E-state index contributed by atoms with van der Waals surface area (Å²) in [6.07, 6.45) is 0. The highest BCUT2D eigenvalue weighted by atomic mass is 35.5. The molecule has 19 heavy (non-hydrogen) atoms. The first kappa shape index (κ1) is 13.4. The molecule has 0 unspecified atom stereocenters. The Morgan fingerprint density at radius 2 is 1.58 bits per heavy atom. The number of hydrogen-bond donors (Lipinski definition) is 1. The quantitative estimate of drug-likeness (QED) is 0.521. The van der Waals surface area contributed by atoms with Crippen molar-refractivity contribution in [1.82, 2.24) is 0 Å². The van der Waals surface area contributed by atoms with Crippen LogP contribution in [0.1, 0.15) is 15.9 Å². The molecule has 98 valence electrons. The monoisotopic (exact) mass is 285 g/mol. The van der Waals surface area contributed by atoms with E-state index in [0.29, 0.717) is 12.1 Å². The molecule has 0 aliphatic heterocycles. The fourth-order valence-electron chi connectivity index (χ4n) is 1.52. The van der Waals surface area contributed by atoms with Gasteiger partial charge in [0.15, 0.2) is 23.2 Å². The highest BCUT2D eigenvalue weighted by molar-refractivity contribution is 6.33. The van der Waals surface area contributed by atoms with Crippen molar-refractivity contribution in [3.05, 3.63) is 63.9 Å². The number of nitrogens with two attached hydrogens (primary N) is 1. The minimum atomic E-state index is -1.62. The standard InChI is InChI=1S/C13H7ClF3NO/c14-8-3-6(1-2-11(8)18)13(19)7-4-9(15)12(17)10(16)5-7/h1-5H,18H2. The average molecular weight is 286 g/mol. The number of hydrogen-bond acceptors (Lipinski definition) is 2. The number of carbonyl (C=O) groups is 1. The summed E-state index contributed by atoms with van der Waals surface area (Å²) in [6.45, 7) is 0. The predicted molar refractivity (Wildman–Crippen MR) is 65.6 cm³/mol. The molecule has 0 aliphatic rings. The number of anilines is 1. The summed E-state index contributed by atoms with van der Waals surface area (Å²) in [5.74, 6) is -5.15. The maximum Gasteiger partial charge on any atom is 0.194 e. The Labute approximate surface area is 111 Å². The third kappa shape index (κ3) is 2.56. The Balaban J connectivity index is 2.47. The van der Waals surface area contributed by atoms with Crippen LogP contribution < -0.4 is 5.73 Å². The topological polar surface area (TPSA) is 43.1 Å². The van der Waals surface area contributed by atoms with Crippen molar-refractivity contribution in [2.45, 2.75) is 0 Å². The van der Waals surface area contributed by atoms with E-state index in [1.165, 1.54) is 18.2 Å². The van der Waals surface area contributed by atoms with Gasteiger partial charge in [0.1, 0.15) is 0 Å². The first-order valence-corrected chi connectivity index (χ1v) is 5.52. The van der Waals surface area contributed by atoms with Crippen molar-refractivity contribution >= 4 is 23.1 Å². The molecule has 0 bridgehead atoms. The van der Waals surface area contributed by atoms with Crippen LogP contribution in [0.5, 0.6) is 0 Å². The lowest BCUT2D eigenvalue weighted by molar-refractivity contribution is 0.103. The van der Waals surface area contributed by atoms with Gasteiger partial charge < -0.3 is 5.73 Å². The summed E-state index contributed by atoms with van der Waals surface area (Å²) >= 11 is 5.75. The molecule has 2 nitrogen and oxygen atoms in total. The van der Waals surface area contributed by atoms with Crippen LogP contribution in [0.3, 0.4) is 0 Å². The fourth-order valence-corrected chi connectivity index (χ4v) is 1.70. The van der Waals surface area contributed by atoms with Crippen LogP contribution in [-0.4, -0.2) is 5.78 Å². The molecule has 0 aliphatic carbocycles. The van der Waals surface area contributed by atoms with Crippen LogP contribution in [0.4, 0.5) is 18.9 Å². The summed E-state index contributed by atoms with van der Waals surface area (Å²) in [7, 11) is 0. The number of ketones is 1. The molecule has 0 aromatic heterocycles. The minimum absolute atomic E-state index is 0.101. The summed E-state index contributed by atoms with van der Waals surface area (Å²) in [6, 6.07) is 5.29. The molecule has 2 N–H and O–H groups in total. The van der Waals surface area contributed by atoms with Gasteiger partial charge in [-0.1, -0.05) is 11.6 Å². The van der Waals surface area contributed by atoms with Gasteiger partial charge in [-0.05, 0) is 30.3 Å². The van der Waals surface area contributed by atoms with E-state index in [4.69, 9.17) is 17.3 Å². The third-order valence-electron chi connectivity index (χ3n) is 2.51. The predicted octanol–water partition coefficient (Wildman–Crippen LogP) is 3.57. The lowest BCUT2D eigenvalue weighted by Crippen LogP contribution is -2.05. The molecule has 0 saturated heterocycles. The van der Waals surface area contributed by atoms with E-state index >= 15 is 0 Å². The maximum atomic E-state index is 13.0. The molecule has 6 heteroatoms. The highest BCUT2D eigenvalue weighted by Crippen LogP contribution is 2.22. The van der Waals surface area contributed by atoms with Crippen LogP contribution in [0.2, 0.25) is 5.02 Å². The Morgan fingerprint density at radius 1 is 1.00 bits per heavy atom. The second-order valence-corrected chi connectivity index (χ2v) is 4.23. The van der Waals surface area contributed by atoms with E-state index in [-0.39, 0.29) is 21.8 Å². The molecule has 0 spiro atoms. The van der Waals surface area contributed by atoms with Crippen molar-refractivity contribution in [3.63, 3.8) is 0 Å². The molecule has 2 aromatic carbocycles. The second-order valence-electron chi connectivity index (χ2n) is 3.82. The first-order valence-electron chi connectivity index (χ1n) is 5.14. The lowest BCUT2D eigenvalue weighted by atomic mass is 10.0.